The minimum atomic E-state index is -0.769. The van der Waals surface area contributed by atoms with Gasteiger partial charge in [0.15, 0.2) is 11.6 Å². The van der Waals surface area contributed by atoms with Crippen molar-refractivity contribution in [3.05, 3.63) is 52.2 Å². The summed E-state index contributed by atoms with van der Waals surface area (Å²) in [5, 5.41) is 7.32. The molecule has 0 aliphatic rings. The number of urea groups is 1. The van der Waals surface area contributed by atoms with Gasteiger partial charge in [-0.25, -0.2) is 13.6 Å². The number of rotatable bonds is 6. The molecule has 1 heterocycles. The van der Waals surface area contributed by atoms with Crippen molar-refractivity contribution in [3.8, 4) is 5.75 Å². The Labute approximate surface area is 131 Å². The van der Waals surface area contributed by atoms with Crippen LogP contribution in [0.5, 0.6) is 5.75 Å². The summed E-state index contributed by atoms with van der Waals surface area (Å²) in [6, 6.07) is 6.26. The van der Waals surface area contributed by atoms with Crippen molar-refractivity contribution in [1.82, 2.24) is 10.6 Å². The van der Waals surface area contributed by atoms with Crippen LogP contribution in [-0.2, 0) is 6.54 Å². The number of thiophene rings is 1. The first kappa shape index (κ1) is 16.2. The monoisotopic (exact) mass is 326 g/mol. The third-order valence-corrected chi connectivity index (χ3v) is 3.64. The average Bonchev–Trinajstić information content (AvgIpc) is 2.97. The zero-order valence-corrected chi connectivity index (χ0v) is 12.8. The second-order valence-corrected chi connectivity index (χ2v) is 5.73. The Kier molecular flexibility index (Phi) is 5.71. The van der Waals surface area contributed by atoms with E-state index in [-0.39, 0.29) is 24.4 Å². The number of benzene rings is 1. The van der Waals surface area contributed by atoms with E-state index in [4.69, 9.17) is 4.74 Å². The Balaban J connectivity index is 1.72. The molecule has 1 atom stereocenters. The maximum absolute atomic E-state index is 13.4. The van der Waals surface area contributed by atoms with Gasteiger partial charge in [-0.15, -0.1) is 11.3 Å². The number of ether oxygens (including phenoxy) is 1. The minimum Gasteiger partial charge on any atom is -0.488 e. The van der Waals surface area contributed by atoms with Crippen molar-refractivity contribution < 1.29 is 18.3 Å². The zero-order valence-electron chi connectivity index (χ0n) is 11.9. The lowest BCUT2D eigenvalue weighted by Gasteiger charge is -2.15. The van der Waals surface area contributed by atoms with Crippen molar-refractivity contribution in [2.24, 2.45) is 0 Å². The van der Waals surface area contributed by atoms with Crippen LogP contribution in [0, 0.1) is 11.6 Å². The number of carbonyl (C=O) groups excluding carboxylic acids is 1. The van der Waals surface area contributed by atoms with E-state index in [9.17, 15) is 13.6 Å². The highest BCUT2D eigenvalue weighted by Gasteiger charge is 2.10. The van der Waals surface area contributed by atoms with Gasteiger partial charge >= 0.3 is 6.03 Å². The molecule has 1 aromatic carbocycles. The van der Waals surface area contributed by atoms with Crippen molar-refractivity contribution in [3.63, 3.8) is 0 Å². The summed E-state index contributed by atoms with van der Waals surface area (Å²) < 4.78 is 31.4. The highest BCUT2D eigenvalue weighted by Crippen LogP contribution is 2.17. The topological polar surface area (TPSA) is 50.4 Å². The lowest BCUT2D eigenvalue weighted by molar-refractivity contribution is 0.224. The van der Waals surface area contributed by atoms with Gasteiger partial charge in [0, 0.05) is 10.9 Å². The van der Waals surface area contributed by atoms with Gasteiger partial charge in [0.2, 0.25) is 0 Å². The number of nitrogens with one attached hydrogen (secondary N) is 2. The molecule has 22 heavy (non-hydrogen) atoms. The zero-order chi connectivity index (χ0) is 15.9. The molecule has 0 fully saturated rings. The standard InChI is InChI=1S/C15H16F2N2O2S/c1-10(9-21-14-5-4-11(16)7-13(14)17)19-15(20)18-8-12-3-2-6-22-12/h2-7,10H,8-9H2,1H3,(H2,18,19,20). The van der Waals surface area contributed by atoms with Gasteiger partial charge in [-0.2, -0.15) is 0 Å². The second kappa shape index (κ2) is 7.74. The normalized spacial score (nSPS) is 11.8. The van der Waals surface area contributed by atoms with Gasteiger partial charge in [0.1, 0.15) is 12.4 Å². The van der Waals surface area contributed by atoms with E-state index in [1.807, 2.05) is 17.5 Å². The summed E-state index contributed by atoms with van der Waals surface area (Å²) >= 11 is 1.55. The van der Waals surface area contributed by atoms with E-state index < -0.39 is 11.6 Å². The number of hydrogen-bond donors (Lipinski definition) is 2. The van der Waals surface area contributed by atoms with Gasteiger partial charge in [-0.05, 0) is 30.5 Å². The summed E-state index contributed by atoms with van der Waals surface area (Å²) in [7, 11) is 0. The van der Waals surface area contributed by atoms with Crippen molar-refractivity contribution in [2.75, 3.05) is 6.61 Å². The third kappa shape index (κ3) is 5.00. The fourth-order valence-corrected chi connectivity index (χ4v) is 2.35. The molecule has 118 valence electrons. The third-order valence-electron chi connectivity index (χ3n) is 2.76. The summed E-state index contributed by atoms with van der Waals surface area (Å²) in [4.78, 5) is 12.7. The fourth-order valence-electron chi connectivity index (χ4n) is 1.70. The van der Waals surface area contributed by atoms with Gasteiger partial charge in [0.05, 0.1) is 12.6 Å². The van der Waals surface area contributed by atoms with Gasteiger partial charge in [0.25, 0.3) is 0 Å². The van der Waals surface area contributed by atoms with Crippen molar-refractivity contribution in [1.29, 1.82) is 0 Å². The first-order valence-corrected chi connectivity index (χ1v) is 7.57. The molecule has 2 aromatic rings. The smallest absolute Gasteiger partial charge is 0.315 e. The molecule has 0 aliphatic carbocycles. The molecular formula is C15H16F2N2O2S. The molecule has 0 spiro atoms. The highest BCUT2D eigenvalue weighted by molar-refractivity contribution is 7.09. The van der Waals surface area contributed by atoms with E-state index in [0.717, 1.165) is 17.0 Å². The van der Waals surface area contributed by atoms with E-state index in [1.165, 1.54) is 6.07 Å². The van der Waals surface area contributed by atoms with Crippen LogP contribution in [0.25, 0.3) is 0 Å². The van der Waals surface area contributed by atoms with Crippen LogP contribution in [0.2, 0.25) is 0 Å². The molecule has 7 heteroatoms. The van der Waals surface area contributed by atoms with Crippen LogP contribution in [-0.4, -0.2) is 18.7 Å². The number of hydrogen-bond acceptors (Lipinski definition) is 3. The van der Waals surface area contributed by atoms with E-state index in [1.54, 1.807) is 18.3 Å². The first-order chi connectivity index (χ1) is 10.5. The Hall–Kier alpha value is -2.15. The van der Waals surface area contributed by atoms with Crippen molar-refractivity contribution >= 4 is 17.4 Å². The lowest BCUT2D eigenvalue weighted by Crippen LogP contribution is -2.42. The number of carbonyl (C=O) groups is 1. The van der Waals surface area contributed by atoms with Gasteiger partial charge in [-0.3, -0.25) is 0 Å². The first-order valence-electron chi connectivity index (χ1n) is 6.69. The molecule has 2 N–H and O–H groups in total. The fraction of sp³-hybridized carbons (Fsp3) is 0.267. The maximum atomic E-state index is 13.4. The Morgan fingerprint density at radius 3 is 2.86 bits per heavy atom. The molecule has 0 saturated heterocycles. The molecule has 4 nitrogen and oxygen atoms in total. The summed E-state index contributed by atoms with van der Waals surface area (Å²) in [6.45, 7) is 2.25. The van der Waals surface area contributed by atoms with Crippen LogP contribution < -0.4 is 15.4 Å². The highest BCUT2D eigenvalue weighted by atomic mass is 32.1. The number of amides is 2. The molecule has 2 rings (SSSR count). The minimum absolute atomic E-state index is 0.0472. The summed E-state index contributed by atoms with van der Waals surface area (Å²) in [6.07, 6.45) is 0. The van der Waals surface area contributed by atoms with Crippen LogP contribution in [0.15, 0.2) is 35.7 Å². The quantitative estimate of drug-likeness (QED) is 0.856. The molecule has 0 radical (unpaired) electrons. The summed E-state index contributed by atoms with van der Waals surface area (Å²) in [5.41, 5.74) is 0. The number of halogens is 2. The predicted molar refractivity (Wildman–Crippen MR) is 81.0 cm³/mol. The van der Waals surface area contributed by atoms with Gasteiger partial charge < -0.3 is 15.4 Å². The Morgan fingerprint density at radius 2 is 2.18 bits per heavy atom. The Morgan fingerprint density at radius 1 is 1.36 bits per heavy atom. The van der Waals surface area contributed by atoms with E-state index in [2.05, 4.69) is 10.6 Å². The van der Waals surface area contributed by atoms with Crippen LogP contribution in [0.1, 0.15) is 11.8 Å². The molecule has 0 bridgehead atoms. The molecule has 1 aromatic heterocycles. The Bertz CT molecular complexity index is 620. The summed E-state index contributed by atoms with van der Waals surface area (Å²) in [5.74, 6) is -1.48. The van der Waals surface area contributed by atoms with Gasteiger partial charge in [-0.1, -0.05) is 6.07 Å². The van der Waals surface area contributed by atoms with Crippen LogP contribution in [0.3, 0.4) is 0 Å². The maximum Gasteiger partial charge on any atom is 0.315 e. The van der Waals surface area contributed by atoms with Crippen molar-refractivity contribution in [2.45, 2.75) is 19.5 Å². The molecule has 1 unspecified atom stereocenters. The molecule has 0 aliphatic heterocycles. The SMILES string of the molecule is CC(COc1ccc(F)cc1F)NC(=O)NCc1cccs1. The van der Waals surface area contributed by atoms with Crippen LogP contribution >= 0.6 is 11.3 Å². The predicted octanol–water partition coefficient (Wildman–Crippen LogP) is 3.29. The molecular weight excluding hydrogens is 310 g/mol. The van der Waals surface area contributed by atoms with E-state index in [0.29, 0.717) is 6.54 Å². The average molecular weight is 326 g/mol. The largest absolute Gasteiger partial charge is 0.488 e. The molecule has 2 amide bonds. The second-order valence-electron chi connectivity index (χ2n) is 4.69. The molecule has 0 saturated carbocycles. The van der Waals surface area contributed by atoms with E-state index >= 15 is 0 Å². The lowest BCUT2D eigenvalue weighted by atomic mass is 10.3. The van der Waals surface area contributed by atoms with Crippen LogP contribution in [0.4, 0.5) is 13.6 Å².